The maximum Gasteiger partial charge on any atom is 0.237 e. The zero-order valence-electron chi connectivity index (χ0n) is 14.1. The number of amides is 1. The van der Waals surface area contributed by atoms with Crippen molar-refractivity contribution < 1.29 is 4.79 Å². The summed E-state index contributed by atoms with van der Waals surface area (Å²) in [6, 6.07) is 14.0. The molecule has 0 saturated heterocycles. The van der Waals surface area contributed by atoms with Gasteiger partial charge in [0.1, 0.15) is 0 Å². The van der Waals surface area contributed by atoms with Crippen LogP contribution in [0.1, 0.15) is 25.0 Å². The number of hydrogen-bond donors (Lipinski definition) is 2. The van der Waals surface area contributed by atoms with Crippen LogP contribution in [-0.2, 0) is 11.2 Å². The predicted molar refractivity (Wildman–Crippen MR) is 101 cm³/mol. The third-order valence-electron chi connectivity index (χ3n) is 4.01. The van der Waals surface area contributed by atoms with Gasteiger partial charge < -0.3 is 10.3 Å². The van der Waals surface area contributed by atoms with Crippen molar-refractivity contribution in [2.45, 2.75) is 37.6 Å². The molecule has 0 fully saturated rings. The molecular formula is C19H21N3OS. The lowest BCUT2D eigenvalue weighted by molar-refractivity contribution is -0.115. The quantitative estimate of drug-likeness (QED) is 0.670. The van der Waals surface area contributed by atoms with Crippen LogP contribution >= 0.6 is 11.8 Å². The number of rotatable bonds is 5. The molecule has 1 amide bonds. The highest BCUT2D eigenvalue weighted by atomic mass is 32.2. The Labute approximate surface area is 146 Å². The molecule has 0 bridgehead atoms. The zero-order chi connectivity index (χ0) is 17.1. The van der Waals surface area contributed by atoms with E-state index in [0.717, 1.165) is 39.4 Å². The van der Waals surface area contributed by atoms with E-state index in [9.17, 15) is 4.79 Å². The molecule has 3 rings (SSSR count). The number of nitrogens with one attached hydrogen (secondary N) is 2. The molecule has 1 aromatic heterocycles. The van der Waals surface area contributed by atoms with E-state index in [1.807, 2.05) is 50.2 Å². The van der Waals surface area contributed by atoms with Gasteiger partial charge in [0, 0.05) is 5.69 Å². The first kappa shape index (κ1) is 16.6. The Morgan fingerprint density at radius 3 is 2.79 bits per heavy atom. The second-order valence-electron chi connectivity index (χ2n) is 5.77. The van der Waals surface area contributed by atoms with E-state index >= 15 is 0 Å². The van der Waals surface area contributed by atoms with Crippen molar-refractivity contribution in [1.29, 1.82) is 0 Å². The second-order valence-corrected chi connectivity index (χ2v) is 7.10. The number of fused-ring (bicyclic) bond motifs is 1. The molecule has 24 heavy (non-hydrogen) atoms. The molecule has 0 aliphatic rings. The van der Waals surface area contributed by atoms with E-state index in [2.05, 4.69) is 28.3 Å². The fourth-order valence-electron chi connectivity index (χ4n) is 2.63. The van der Waals surface area contributed by atoms with E-state index in [1.165, 1.54) is 11.8 Å². The molecule has 124 valence electrons. The topological polar surface area (TPSA) is 57.8 Å². The minimum atomic E-state index is -0.241. The fraction of sp³-hybridized carbons (Fsp3) is 0.263. The van der Waals surface area contributed by atoms with Gasteiger partial charge >= 0.3 is 0 Å². The van der Waals surface area contributed by atoms with Crippen molar-refractivity contribution in [3.8, 4) is 0 Å². The lowest BCUT2D eigenvalue weighted by Gasteiger charge is -2.15. The Morgan fingerprint density at radius 2 is 2.04 bits per heavy atom. The van der Waals surface area contributed by atoms with Crippen LogP contribution in [0, 0.1) is 6.92 Å². The van der Waals surface area contributed by atoms with Crippen molar-refractivity contribution in [2.75, 3.05) is 5.32 Å². The minimum absolute atomic E-state index is 0.00976. The average molecular weight is 339 g/mol. The van der Waals surface area contributed by atoms with Crippen LogP contribution in [0.4, 0.5) is 5.69 Å². The van der Waals surface area contributed by atoms with E-state index in [4.69, 9.17) is 0 Å². The molecule has 2 aromatic carbocycles. The SMILES string of the molecule is CCc1cccc(C)c1NC(=O)C(C)Sc1nc2ccccc2[nH]1. The number of para-hydroxylation sites is 3. The molecule has 0 spiro atoms. The first-order chi connectivity index (χ1) is 11.6. The third kappa shape index (κ3) is 3.46. The molecule has 1 unspecified atom stereocenters. The maximum absolute atomic E-state index is 12.6. The van der Waals surface area contributed by atoms with Gasteiger partial charge in [0.25, 0.3) is 0 Å². The Morgan fingerprint density at radius 1 is 1.25 bits per heavy atom. The highest BCUT2D eigenvalue weighted by molar-refractivity contribution is 8.00. The monoisotopic (exact) mass is 339 g/mol. The first-order valence-corrected chi connectivity index (χ1v) is 8.97. The number of aromatic amines is 1. The number of benzene rings is 2. The summed E-state index contributed by atoms with van der Waals surface area (Å²) in [7, 11) is 0. The summed E-state index contributed by atoms with van der Waals surface area (Å²) in [5, 5.41) is 3.60. The van der Waals surface area contributed by atoms with Crippen LogP contribution < -0.4 is 5.32 Å². The van der Waals surface area contributed by atoms with Gasteiger partial charge in [-0.2, -0.15) is 0 Å². The summed E-state index contributed by atoms with van der Waals surface area (Å²) in [4.78, 5) is 20.4. The summed E-state index contributed by atoms with van der Waals surface area (Å²) < 4.78 is 0. The van der Waals surface area contributed by atoms with E-state index in [1.54, 1.807) is 0 Å². The zero-order valence-corrected chi connectivity index (χ0v) is 14.9. The first-order valence-electron chi connectivity index (χ1n) is 8.09. The number of hydrogen-bond acceptors (Lipinski definition) is 3. The van der Waals surface area contributed by atoms with Gasteiger partial charge in [-0.1, -0.05) is 49.0 Å². The van der Waals surface area contributed by atoms with Crippen molar-refractivity contribution in [2.24, 2.45) is 0 Å². The molecule has 3 aromatic rings. The second kappa shape index (κ2) is 7.09. The van der Waals surface area contributed by atoms with Gasteiger partial charge in [-0.05, 0) is 43.5 Å². The number of carbonyl (C=O) groups excluding carboxylic acids is 1. The Hall–Kier alpha value is -2.27. The molecule has 5 heteroatoms. The van der Waals surface area contributed by atoms with Crippen LogP contribution in [0.25, 0.3) is 11.0 Å². The van der Waals surface area contributed by atoms with Crippen molar-refractivity contribution in [3.63, 3.8) is 0 Å². The van der Waals surface area contributed by atoms with Crippen LogP contribution in [0.15, 0.2) is 47.6 Å². The van der Waals surface area contributed by atoms with Crippen molar-refractivity contribution in [1.82, 2.24) is 9.97 Å². The van der Waals surface area contributed by atoms with Crippen LogP contribution in [0.2, 0.25) is 0 Å². The van der Waals surface area contributed by atoms with Gasteiger partial charge in [0.15, 0.2) is 5.16 Å². The summed E-state index contributed by atoms with van der Waals surface area (Å²) in [6.45, 7) is 6.01. The number of aryl methyl sites for hydroxylation is 2. The van der Waals surface area contributed by atoms with Gasteiger partial charge in [0.05, 0.1) is 16.3 Å². The molecule has 0 saturated carbocycles. The summed E-state index contributed by atoms with van der Waals surface area (Å²) in [6.07, 6.45) is 0.891. The predicted octanol–water partition coefficient (Wildman–Crippen LogP) is 4.55. The Bertz CT molecular complexity index is 839. The van der Waals surface area contributed by atoms with E-state index in [0.29, 0.717) is 0 Å². The van der Waals surface area contributed by atoms with Gasteiger partial charge in [-0.25, -0.2) is 4.98 Å². The number of imidazole rings is 1. The molecule has 4 nitrogen and oxygen atoms in total. The normalized spacial score (nSPS) is 12.3. The molecule has 1 heterocycles. The van der Waals surface area contributed by atoms with Crippen molar-refractivity contribution >= 4 is 34.4 Å². The minimum Gasteiger partial charge on any atom is -0.333 e. The highest BCUT2D eigenvalue weighted by Crippen LogP contribution is 2.26. The largest absolute Gasteiger partial charge is 0.333 e. The molecule has 2 N–H and O–H groups in total. The van der Waals surface area contributed by atoms with Crippen LogP contribution in [0.3, 0.4) is 0 Å². The number of carbonyl (C=O) groups is 1. The smallest absolute Gasteiger partial charge is 0.237 e. The highest BCUT2D eigenvalue weighted by Gasteiger charge is 2.18. The fourth-order valence-corrected chi connectivity index (χ4v) is 3.45. The standard InChI is InChI=1S/C19H21N3OS/c1-4-14-9-7-8-12(2)17(14)22-18(23)13(3)24-19-20-15-10-5-6-11-16(15)21-19/h5-11,13H,4H2,1-3H3,(H,20,21)(H,22,23). The maximum atomic E-state index is 12.6. The van der Waals surface area contributed by atoms with E-state index in [-0.39, 0.29) is 11.2 Å². The molecule has 0 aliphatic heterocycles. The van der Waals surface area contributed by atoms with Crippen LogP contribution in [-0.4, -0.2) is 21.1 Å². The van der Waals surface area contributed by atoms with Crippen LogP contribution in [0.5, 0.6) is 0 Å². The lowest BCUT2D eigenvalue weighted by Crippen LogP contribution is -2.23. The van der Waals surface area contributed by atoms with Gasteiger partial charge in [-0.3, -0.25) is 4.79 Å². The van der Waals surface area contributed by atoms with Gasteiger partial charge in [0.2, 0.25) is 5.91 Å². The lowest BCUT2D eigenvalue weighted by atomic mass is 10.1. The third-order valence-corrected chi connectivity index (χ3v) is 5.00. The number of H-pyrrole nitrogens is 1. The number of anilines is 1. The average Bonchev–Trinajstić information content (AvgIpc) is 2.98. The van der Waals surface area contributed by atoms with Crippen molar-refractivity contribution in [3.05, 3.63) is 53.6 Å². The Kier molecular flexibility index (Phi) is 4.90. The number of aromatic nitrogens is 2. The molecule has 0 aliphatic carbocycles. The molecular weight excluding hydrogens is 318 g/mol. The number of thioether (sulfide) groups is 1. The summed E-state index contributed by atoms with van der Waals surface area (Å²) in [5.74, 6) is -0.00976. The molecule has 1 atom stereocenters. The van der Waals surface area contributed by atoms with Gasteiger partial charge in [-0.15, -0.1) is 0 Å². The number of nitrogens with zero attached hydrogens (tertiary/aromatic N) is 1. The Balaban J connectivity index is 1.73. The summed E-state index contributed by atoms with van der Waals surface area (Å²) >= 11 is 1.44. The van der Waals surface area contributed by atoms with E-state index < -0.39 is 0 Å². The summed E-state index contributed by atoms with van der Waals surface area (Å²) in [5.41, 5.74) is 5.08. The molecule has 0 radical (unpaired) electrons.